The molecule has 9 heteroatoms. The first-order chi connectivity index (χ1) is 12.8. The zero-order valence-corrected chi connectivity index (χ0v) is 16.0. The molecule has 0 bridgehead atoms. The second-order valence-electron chi connectivity index (χ2n) is 7.58. The minimum absolute atomic E-state index is 0.192. The Balaban J connectivity index is 1.54. The van der Waals surface area contributed by atoms with E-state index in [9.17, 15) is 13.2 Å². The highest BCUT2D eigenvalue weighted by atomic mass is 19.4. The Morgan fingerprint density at radius 3 is 2.78 bits per heavy atom. The quantitative estimate of drug-likeness (QED) is 0.622. The predicted octanol–water partition coefficient (Wildman–Crippen LogP) is 2.06. The van der Waals surface area contributed by atoms with Gasteiger partial charge in [0.15, 0.2) is 5.96 Å². The van der Waals surface area contributed by atoms with E-state index in [1.165, 1.54) is 10.5 Å². The van der Waals surface area contributed by atoms with Gasteiger partial charge in [-0.05, 0) is 37.8 Å². The molecular formula is C18H29F3N6. The molecule has 1 aromatic heterocycles. The summed E-state index contributed by atoms with van der Waals surface area (Å²) in [5.74, 6) is 1.51. The molecule has 27 heavy (non-hydrogen) atoms. The van der Waals surface area contributed by atoms with Crippen LogP contribution in [-0.4, -0.2) is 77.5 Å². The number of guanidine groups is 1. The third-order valence-corrected chi connectivity index (χ3v) is 5.29. The zero-order valence-electron chi connectivity index (χ0n) is 16.0. The number of hydrogen-bond donors (Lipinski definition) is 1. The lowest BCUT2D eigenvalue weighted by molar-refractivity contribution is -0.143. The molecule has 1 aromatic rings. The molecule has 2 aliphatic heterocycles. The Hall–Kier alpha value is -1.77. The third kappa shape index (κ3) is 5.60. The van der Waals surface area contributed by atoms with Gasteiger partial charge in [-0.25, -0.2) is 0 Å². The summed E-state index contributed by atoms with van der Waals surface area (Å²) < 4.78 is 39.4. The van der Waals surface area contributed by atoms with Gasteiger partial charge in [0.05, 0.1) is 12.7 Å². The lowest BCUT2D eigenvalue weighted by Crippen LogP contribution is -2.40. The molecule has 0 aromatic carbocycles. The smallest absolute Gasteiger partial charge is 0.357 e. The van der Waals surface area contributed by atoms with Gasteiger partial charge in [-0.2, -0.15) is 18.3 Å². The number of likely N-dealkylation sites (tertiary alicyclic amines) is 2. The average Bonchev–Trinajstić information content (AvgIpc) is 3.30. The van der Waals surface area contributed by atoms with E-state index in [2.05, 4.69) is 21.5 Å². The first-order valence-corrected chi connectivity index (χ1v) is 9.65. The number of aryl methyl sites for hydroxylation is 1. The van der Waals surface area contributed by atoms with Gasteiger partial charge in [-0.3, -0.25) is 14.6 Å². The van der Waals surface area contributed by atoms with E-state index in [-0.39, 0.29) is 5.92 Å². The predicted molar refractivity (Wildman–Crippen MR) is 98.7 cm³/mol. The molecule has 2 aliphatic rings. The van der Waals surface area contributed by atoms with Gasteiger partial charge < -0.3 is 10.2 Å². The molecule has 3 heterocycles. The van der Waals surface area contributed by atoms with Gasteiger partial charge in [-0.1, -0.05) is 0 Å². The molecule has 2 atom stereocenters. The maximum Gasteiger partial charge on any atom is 0.401 e. The van der Waals surface area contributed by atoms with E-state index < -0.39 is 12.7 Å². The second kappa shape index (κ2) is 8.50. The Labute approximate surface area is 158 Å². The van der Waals surface area contributed by atoms with Crippen LogP contribution in [0, 0.1) is 5.92 Å². The fourth-order valence-corrected chi connectivity index (χ4v) is 3.98. The van der Waals surface area contributed by atoms with Crippen molar-refractivity contribution in [3.8, 4) is 0 Å². The van der Waals surface area contributed by atoms with Gasteiger partial charge >= 0.3 is 6.18 Å². The topological polar surface area (TPSA) is 48.7 Å². The van der Waals surface area contributed by atoms with Crippen molar-refractivity contribution >= 4 is 5.96 Å². The Bertz CT molecular complexity index is 641. The van der Waals surface area contributed by atoms with Gasteiger partial charge in [0.25, 0.3) is 0 Å². The first-order valence-electron chi connectivity index (χ1n) is 9.65. The van der Waals surface area contributed by atoms with Crippen molar-refractivity contribution in [1.82, 2.24) is 24.9 Å². The highest BCUT2D eigenvalue weighted by Crippen LogP contribution is 2.27. The molecule has 6 nitrogen and oxygen atoms in total. The summed E-state index contributed by atoms with van der Waals surface area (Å²) >= 11 is 0. The standard InChI is InChI=1S/C18H29F3N6/c1-3-22-17(23-8-14-4-6-26(10-14)13-18(19,20)21)27-7-5-15(12-27)16-9-24-25(2)11-16/h9,11,14-15H,3-8,10,12-13H2,1-2H3,(H,22,23). The summed E-state index contributed by atoms with van der Waals surface area (Å²) in [7, 11) is 1.92. The van der Waals surface area contributed by atoms with Gasteiger partial charge in [0.2, 0.25) is 0 Å². The monoisotopic (exact) mass is 386 g/mol. The highest BCUT2D eigenvalue weighted by Gasteiger charge is 2.34. The van der Waals surface area contributed by atoms with Crippen LogP contribution in [0.1, 0.15) is 31.2 Å². The summed E-state index contributed by atoms with van der Waals surface area (Å²) in [6.07, 6.45) is 1.69. The summed E-state index contributed by atoms with van der Waals surface area (Å²) in [6.45, 7) is 5.36. The maximum absolute atomic E-state index is 12.5. The van der Waals surface area contributed by atoms with Crippen molar-refractivity contribution in [2.75, 3.05) is 45.8 Å². The second-order valence-corrected chi connectivity index (χ2v) is 7.58. The summed E-state index contributed by atoms with van der Waals surface area (Å²) in [5, 5.41) is 7.59. The molecule has 2 unspecified atom stereocenters. The van der Waals surface area contributed by atoms with Gasteiger partial charge in [-0.15, -0.1) is 0 Å². The zero-order chi connectivity index (χ0) is 19.4. The number of nitrogens with one attached hydrogen (secondary N) is 1. The number of rotatable bonds is 5. The average molecular weight is 386 g/mol. The number of aliphatic imine (C=N–C) groups is 1. The van der Waals surface area contributed by atoms with E-state index in [4.69, 9.17) is 4.99 Å². The van der Waals surface area contributed by atoms with Crippen LogP contribution in [0.2, 0.25) is 0 Å². The fourth-order valence-electron chi connectivity index (χ4n) is 3.98. The number of alkyl halides is 3. The van der Waals surface area contributed by atoms with Crippen molar-refractivity contribution < 1.29 is 13.2 Å². The minimum atomic E-state index is -4.12. The molecule has 0 aliphatic carbocycles. The van der Waals surface area contributed by atoms with Crippen molar-refractivity contribution in [2.45, 2.75) is 31.9 Å². The summed E-state index contributed by atoms with van der Waals surface area (Å²) in [6, 6.07) is 0. The lowest BCUT2D eigenvalue weighted by atomic mass is 10.0. The number of aromatic nitrogens is 2. The molecular weight excluding hydrogens is 357 g/mol. The van der Waals surface area contributed by atoms with Crippen molar-refractivity contribution in [2.24, 2.45) is 18.0 Å². The van der Waals surface area contributed by atoms with Crippen molar-refractivity contribution in [3.05, 3.63) is 18.0 Å². The molecule has 0 radical (unpaired) electrons. The molecule has 0 amide bonds. The van der Waals surface area contributed by atoms with E-state index in [0.717, 1.165) is 38.4 Å². The molecule has 0 spiro atoms. The minimum Gasteiger partial charge on any atom is -0.357 e. The van der Waals surface area contributed by atoms with Gasteiger partial charge in [0, 0.05) is 51.9 Å². The van der Waals surface area contributed by atoms with Crippen LogP contribution >= 0.6 is 0 Å². The molecule has 3 rings (SSSR count). The SMILES string of the molecule is CCNC(=NCC1CCN(CC(F)(F)F)C1)N1CCC(c2cnn(C)c2)C1. The highest BCUT2D eigenvalue weighted by molar-refractivity contribution is 5.80. The molecule has 152 valence electrons. The number of halogens is 3. The maximum atomic E-state index is 12.5. The fraction of sp³-hybridized carbons (Fsp3) is 0.778. The van der Waals surface area contributed by atoms with Crippen LogP contribution in [0.4, 0.5) is 13.2 Å². The third-order valence-electron chi connectivity index (χ3n) is 5.29. The lowest BCUT2D eigenvalue weighted by Gasteiger charge is -2.22. The van der Waals surface area contributed by atoms with E-state index >= 15 is 0 Å². The van der Waals surface area contributed by atoms with Crippen LogP contribution in [0.5, 0.6) is 0 Å². The van der Waals surface area contributed by atoms with Crippen molar-refractivity contribution in [1.29, 1.82) is 0 Å². The van der Waals surface area contributed by atoms with Crippen LogP contribution in [0.3, 0.4) is 0 Å². The van der Waals surface area contributed by atoms with Gasteiger partial charge in [0.1, 0.15) is 0 Å². The largest absolute Gasteiger partial charge is 0.401 e. The van der Waals surface area contributed by atoms with E-state index in [1.807, 2.05) is 24.9 Å². The Morgan fingerprint density at radius 1 is 1.30 bits per heavy atom. The Morgan fingerprint density at radius 2 is 2.11 bits per heavy atom. The van der Waals surface area contributed by atoms with Crippen molar-refractivity contribution in [3.63, 3.8) is 0 Å². The molecule has 1 N–H and O–H groups in total. The molecule has 2 saturated heterocycles. The summed E-state index contributed by atoms with van der Waals surface area (Å²) in [4.78, 5) is 8.49. The van der Waals surface area contributed by atoms with E-state index in [0.29, 0.717) is 25.6 Å². The normalized spacial score (nSPS) is 24.8. The summed E-state index contributed by atoms with van der Waals surface area (Å²) in [5.41, 5.74) is 1.24. The van der Waals surface area contributed by atoms with Crippen LogP contribution in [0.15, 0.2) is 17.4 Å². The molecule has 2 fully saturated rings. The van der Waals surface area contributed by atoms with Crippen LogP contribution in [0.25, 0.3) is 0 Å². The van der Waals surface area contributed by atoms with E-state index in [1.54, 1.807) is 0 Å². The van der Waals surface area contributed by atoms with Crippen LogP contribution in [-0.2, 0) is 7.05 Å². The number of nitrogens with zero attached hydrogens (tertiary/aromatic N) is 5. The number of hydrogen-bond acceptors (Lipinski definition) is 3. The Kier molecular flexibility index (Phi) is 6.29. The molecule has 0 saturated carbocycles. The first kappa shape index (κ1) is 20.0. The van der Waals surface area contributed by atoms with Crippen LogP contribution < -0.4 is 5.32 Å².